The Kier molecular flexibility index (Phi) is 5.14. The van der Waals surface area contributed by atoms with E-state index in [9.17, 15) is 19.2 Å². The van der Waals surface area contributed by atoms with Gasteiger partial charge in [0.1, 0.15) is 17.1 Å². The van der Waals surface area contributed by atoms with Gasteiger partial charge in [-0.3, -0.25) is 14.9 Å². The minimum absolute atomic E-state index is 0.133. The molecule has 2 heterocycles. The highest BCUT2D eigenvalue weighted by molar-refractivity contribution is 6.39. The summed E-state index contributed by atoms with van der Waals surface area (Å²) in [4.78, 5) is 49.1. The lowest BCUT2D eigenvalue weighted by Crippen LogP contribution is -2.54. The minimum Gasteiger partial charge on any atom is -0.478 e. The highest BCUT2D eigenvalue weighted by atomic mass is 35.5. The molecule has 4 rings (SSSR count). The third-order valence-corrected chi connectivity index (χ3v) is 4.77. The number of furan rings is 1. The van der Waals surface area contributed by atoms with Crippen LogP contribution >= 0.6 is 11.6 Å². The summed E-state index contributed by atoms with van der Waals surface area (Å²) in [6.45, 7) is 0. The number of rotatable bonds is 4. The van der Waals surface area contributed by atoms with Crippen molar-refractivity contribution in [2.24, 2.45) is 0 Å². The molecule has 1 aromatic heterocycles. The van der Waals surface area contributed by atoms with E-state index in [2.05, 4.69) is 5.32 Å². The molecule has 1 fully saturated rings. The molecule has 1 aliphatic rings. The molecular formula is C22H13ClN2O6. The van der Waals surface area contributed by atoms with Crippen molar-refractivity contribution in [1.82, 2.24) is 5.32 Å². The molecule has 3 aromatic rings. The number of amides is 4. The van der Waals surface area contributed by atoms with E-state index in [1.54, 1.807) is 24.3 Å². The summed E-state index contributed by atoms with van der Waals surface area (Å²) in [7, 11) is 0. The first-order valence-corrected chi connectivity index (χ1v) is 9.32. The van der Waals surface area contributed by atoms with Gasteiger partial charge in [0.05, 0.1) is 11.3 Å². The van der Waals surface area contributed by atoms with Crippen molar-refractivity contribution in [3.05, 3.63) is 82.6 Å². The molecule has 9 heteroatoms. The Bertz CT molecular complexity index is 1240. The van der Waals surface area contributed by atoms with Crippen LogP contribution in [0.5, 0.6) is 0 Å². The number of aromatic carboxylic acids is 1. The second kappa shape index (κ2) is 7.92. The summed E-state index contributed by atoms with van der Waals surface area (Å²) in [6, 6.07) is 14.4. The second-order valence-electron chi connectivity index (χ2n) is 6.52. The first-order valence-electron chi connectivity index (χ1n) is 8.94. The fourth-order valence-electron chi connectivity index (χ4n) is 2.99. The standard InChI is InChI=1S/C22H13ClN2O6/c23-14-5-7-15(8-6-14)25-20(27)17(19(26)24-22(25)30)11-16-9-10-18(31-16)12-1-3-13(4-2-12)21(28)29/h1-11H,(H,28,29)(H,24,26,30)/b17-11-. The van der Waals surface area contributed by atoms with Crippen LogP contribution < -0.4 is 10.2 Å². The van der Waals surface area contributed by atoms with Crippen molar-refractivity contribution in [3.8, 4) is 11.3 Å². The van der Waals surface area contributed by atoms with Gasteiger partial charge in [0.2, 0.25) is 0 Å². The number of halogens is 1. The first kappa shape index (κ1) is 20.1. The SMILES string of the molecule is O=C1NC(=O)N(c2ccc(Cl)cc2)C(=O)/C1=C\c1ccc(-c2ccc(C(=O)O)cc2)o1. The van der Waals surface area contributed by atoms with E-state index in [4.69, 9.17) is 21.1 Å². The molecule has 0 atom stereocenters. The lowest BCUT2D eigenvalue weighted by atomic mass is 10.1. The fourth-order valence-corrected chi connectivity index (χ4v) is 3.11. The number of hydrogen-bond acceptors (Lipinski definition) is 5. The molecule has 2 aromatic carbocycles. The number of nitrogens with zero attached hydrogens (tertiary/aromatic N) is 1. The maximum absolute atomic E-state index is 12.9. The lowest BCUT2D eigenvalue weighted by molar-refractivity contribution is -0.122. The van der Waals surface area contributed by atoms with Crippen LogP contribution in [-0.4, -0.2) is 28.9 Å². The average Bonchev–Trinajstić information content (AvgIpc) is 3.21. The largest absolute Gasteiger partial charge is 0.478 e. The van der Waals surface area contributed by atoms with Gasteiger partial charge in [0, 0.05) is 10.6 Å². The van der Waals surface area contributed by atoms with Crippen molar-refractivity contribution in [3.63, 3.8) is 0 Å². The van der Waals surface area contributed by atoms with Crippen LogP contribution in [0.15, 0.2) is 70.7 Å². The topological polar surface area (TPSA) is 117 Å². The molecule has 4 amide bonds. The van der Waals surface area contributed by atoms with Gasteiger partial charge in [-0.1, -0.05) is 23.7 Å². The Morgan fingerprint density at radius 1 is 0.968 bits per heavy atom. The summed E-state index contributed by atoms with van der Waals surface area (Å²) < 4.78 is 5.68. The van der Waals surface area contributed by atoms with Gasteiger partial charge in [-0.15, -0.1) is 0 Å². The number of anilines is 1. The molecule has 31 heavy (non-hydrogen) atoms. The number of hydrogen-bond donors (Lipinski definition) is 2. The molecule has 0 bridgehead atoms. The van der Waals surface area contributed by atoms with Crippen LogP contribution in [0.3, 0.4) is 0 Å². The van der Waals surface area contributed by atoms with Crippen LogP contribution in [0.2, 0.25) is 5.02 Å². The molecular weight excluding hydrogens is 424 g/mol. The van der Waals surface area contributed by atoms with Gasteiger partial charge in [-0.25, -0.2) is 14.5 Å². The molecule has 0 unspecified atom stereocenters. The molecule has 2 N–H and O–H groups in total. The van der Waals surface area contributed by atoms with Crippen molar-refractivity contribution >= 4 is 47.2 Å². The van der Waals surface area contributed by atoms with Gasteiger partial charge in [0.15, 0.2) is 0 Å². The Balaban J connectivity index is 1.63. The Labute approximate surface area is 180 Å². The fraction of sp³-hybridized carbons (Fsp3) is 0. The summed E-state index contributed by atoms with van der Waals surface area (Å²) in [6.07, 6.45) is 1.24. The smallest absolute Gasteiger partial charge is 0.335 e. The number of nitrogens with one attached hydrogen (secondary N) is 1. The summed E-state index contributed by atoms with van der Waals surface area (Å²) in [5, 5.41) is 11.5. The van der Waals surface area contributed by atoms with Crippen molar-refractivity contribution in [1.29, 1.82) is 0 Å². The van der Waals surface area contributed by atoms with Gasteiger partial charge in [-0.2, -0.15) is 0 Å². The third-order valence-electron chi connectivity index (χ3n) is 4.52. The Hall–Kier alpha value is -4.17. The Morgan fingerprint density at radius 2 is 1.65 bits per heavy atom. The lowest BCUT2D eigenvalue weighted by Gasteiger charge is -2.26. The van der Waals surface area contributed by atoms with Crippen molar-refractivity contribution in [2.45, 2.75) is 0 Å². The molecule has 0 saturated carbocycles. The number of carbonyl (C=O) groups is 4. The molecule has 1 aliphatic heterocycles. The number of carboxylic acids is 1. The normalized spacial score (nSPS) is 15.3. The second-order valence-corrected chi connectivity index (χ2v) is 6.96. The third kappa shape index (κ3) is 3.96. The highest BCUT2D eigenvalue weighted by Gasteiger charge is 2.37. The van der Waals surface area contributed by atoms with Gasteiger partial charge < -0.3 is 9.52 Å². The van der Waals surface area contributed by atoms with Crippen LogP contribution in [0.4, 0.5) is 10.5 Å². The zero-order valence-electron chi connectivity index (χ0n) is 15.7. The predicted molar refractivity (Wildman–Crippen MR) is 112 cm³/mol. The quantitative estimate of drug-likeness (QED) is 0.472. The van der Waals surface area contributed by atoms with E-state index < -0.39 is 23.8 Å². The van der Waals surface area contributed by atoms with Crippen LogP contribution in [0.25, 0.3) is 17.4 Å². The summed E-state index contributed by atoms with van der Waals surface area (Å²) >= 11 is 5.85. The number of carboxylic acid groups (broad SMARTS) is 1. The molecule has 0 spiro atoms. The monoisotopic (exact) mass is 436 g/mol. The van der Waals surface area contributed by atoms with E-state index in [1.165, 1.54) is 42.5 Å². The van der Waals surface area contributed by atoms with E-state index >= 15 is 0 Å². The van der Waals surface area contributed by atoms with E-state index in [0.717, 1.165) is 4.90 Å². The summed E-state index contributed by atoms with van der Waals surface area (Å²) in [5.41, 5.74) is 0.724. The van der Waals surface area contributed by atoms with Gasteiger partial charge in [-0.05, 0) is 54.6 Å². The first-order chi connectivity index (χ1) is 14.8. The molecule has 154 valence electrons. The number of carbonyl (C=O) groups excluding carboxylic acids is 3. The van der Waals surface area contributed by atoms with Gasteiger partial charge in [0.25, 0.3) is 11.8 Å². The maximum Gasteiger partial charge on any atom is 0.335 e. The van der Waals surface area contributed by atoms with Crippen LogP contribution in [-0.2, 0) is 9.59 Å². The molecule has 1 saturated heterocycles. The highest BCUT2D eigenvalue weighted by Crippen LogP contribution is 2.26. The van der Waals surface area contributed by atoms with E-state index in [1.807, 2.05) is 0 Å². The molecule has 0 radical (unpaired) electrons. The average molecular weight is 437 g/mol. The zero-order chi connectivity index (χ0) is 22.1. The maximum atomic E-state index is 12.9. The number of imide groups is 2. The van der Waals surface area contributed by atoms with Crippen LogP contribution in [0, 0.1) is 0 Å². The number of benzene rings is 2. The van der Waals surface area contributed by atoms with E-state index in [0.29, 0.717) is 16.3 Å². The van der Waals surface area contributed by atoms with Gasteiger partial charge >= 0.3 is 12.0 Å². The zero-order valence-corrected chi connectivity index (χ0v) is 16.4. The van der Waals surface area contributed by atoms with E-state index in [-0.39, 0.29) is 22.6 Å². The minimum atomic E-state index is -1.04. The van der Waals surface area contributed by atoms with Crippen molar-refractivity contribution < 1.29 is 28.7 Å². The molecule has 8 nitrogen and oxygen atoms in total. The van der Waals surface area contributed by atoms with Crippen molar-refractivity contribution in [2.75, 3.05) is 4.90 Å². The predicted octanol–water partition coefficient (Wildman–Crippen LogP) is 3.96. The number of urea groups is 1. The van der Waals surface area contributed by atoms with Crippen LogP contribution in [0.1, 0.15) is 16.1 Å². The Morgan fingerprint density at radius 3 is 2.29 bits per heavy atom. The summed E-state index contributed by atoms with van der Waals surface area (Å²) in [5.74, 6) is -2.07. The molecule has 0 aliphatic carbocycles. The number of barbiturate groups is 1.